The first kappa shape index (κ1) is 12.0. The Labute approximate surface area is 90.9 Å². The minimum Gasteiger partial charge on any atom is -0.387 e. The Bertz CT molecular complexity index is 279. The van der Waals surface area contributed by atoms with Crippen molar-refractivity contribution in [3.8, 4) is 0 Å². The number of rotatable bonds is 4. The van der Waals surface area contributed by atoms with Crippen LogP contribution in [0.2, 0.25) is 0 Å². The molecule has 1 aliphatic rings. The highest BCUT2D eigenvalue weighted by molar-refractivity contribution is 5.77. The zero-order chi connectivity index (χ0) is 11.3. The van der Waals surface area contributed by atoms with Crippen molar-refractivity contribution >= 4 is 5.91 Å². The van der Waals surface area contributed by atoms with Crippen molar-refractivity contribution in [3.05, 3.63) is 23.8 Å². The van der Waals surface area contributed by atoms with Gasteiger partial charge in [-0.05, 0) is 18.4 Å². The lowest BCUT2D eigenvalue weighted by atomic mass is 10.0. The molecule has 3 nitrogen and oxygen atoms in total. The fourth-order valence-electron chi connectivity index (χ4n) is 1.40. The van der Waals surface area contributed by atoms with Gasteiger partial charge in [0.15, 0.2) is 0 Å². The van der Waals surface area contributed by atoms with Crippen LogP contribution in [-0.4, -0.2) is 23.7 Å². The Morgan fingerprint density at radius 3 is 2.80 bits per heavy atom. The molecule has 0 spiro atoms. The van der Waals surface area contributed by atoms with Gasteiger partial charge >= 0.3 is 0 Å². The minimum absolute atomic E-state index is 0.0190. The van der Waals surface area contributed by atoms with E-state index in [0.29, 0.717) is 6.54 Å². The van der Waals surface area contributed by atoms with Crippen LogP contribution in [0.15, 0.2) is 23.8 Å². The van der Waals surface area contributed by atoms with Crippen molar-refractivity contribution < 1.29 is 9.90 Å². The van der Waals surface area contributed by atoms with E-state index in [4.69, 9.17) is 0 Å². The van der Waals surface area contributed by atoms with Gasteiger partial charge in [-0.2, -0.15) is 0 Å². The van der Waals surface area contributed by atoms with Gasteiger partial charge in [-0.1, -0.05) is 32.1 Å². The fraction of sp³-hybridized carbons (Fsp3) is 0.583. The highest BCUT2D eigenvalue weighted by Gasteiger charge is 2.12. The van der Waals surface area contributed by atoms with Gasteiger partial charge in [-0.25, -0.2) is 0 Å². The lowest BCUT2D eigenvalue weighted by Gasteiger charge is -2.16. The summed E-state index contributed by atoms with van der Waals surface area (Å²) in [5.41, 5.74) is 0.908. The summed E-state index contributed by atoms with van der Waals surface area (Å²) >= 11 is 0. The number of carbonyl (C=O) groups is 1. The van der Waals surface area contributed by atoms with Crippen LogP contribution < -0.4 is 5.32 Å². The van der Waals surface area contributed by atoms with Crippen molar-refractivity contribution in [1.29, 1.82) is 0 Å². The summed E-state index contributed by atoms with van der Waals surface area (Å²) in [5, 5.41) is 12.5. The molecule has 1 aliphatic carbocycles. The molecule has 0 saturated heterocycles. The summed E-state index contributed by atoms with van der Waals surface area (Å²) in [6.07, 6.45) is 7.42. The Balaban J connectivity index is 2.36. The van der Waals surface area contributed by atoms with E-state index in [1.165, 1.54) is 0 Å². The van der Waals surface area contributed by atoms with Crippen molar-refractivity contribution in [1.82, 2.24) is 5.32 Å². The monoisotopic (exact) mass is 209 g/mol. The molecule has 15 heavy (non-hydrogen) atoms. The normalized spacial score (nSPS) is 17.5. The predicted molar refractivity (Wildman–Crippen MR) is 60.3 cm³/mol. The first-order chi connectivity index (χ1) is 7.11. The summed E-state index contributed by atoms with van der Waals surface area (Å²) in [4.78, 5) is 11.3. The third-order valence-electron chi connectivity index (χ3n) is 2.40. The standard InChI is InChI=1S/C12H19NO2/c1-9(2)12(15)13-8-11(14)10-6-4-3-5-7-10/h4,6-7,9,11,14H,3,5,8H2,1-2H3,(H,13,15). The summed E-state index contributed by atoms with van der Waals surface area (Å²) in [7, 11) is 0. The van der Waals surface area contributed by atoms with Gasteiger partial charge in [-0.3, -0.25) is 4.79 Å². The predicted octanol–water partition coefficient (Wildman–Crippen LogP) is 1.40. The molecule has 0 aromatic rings. The molecular formula is C12H19NO2. The van der Waals surface area contributed by atoms with Gasteiger partial charge in [0.2, 0.25) is 5.91 Å². The first-order valence-electron chi connectivity index (χ1n) is 5.43. The Morgan fingerprint density at radius 2 is 2.27 bits per heavy atom. The number of hydrogen-bond donors (Lipinski definition) is 2. The molecular weight excluding hydrogens is 190 g/mol. The molecule has 1 unspecified atom stereocenters. The van der Waals surface area contributed by atoms with Gasteiger partial charge in [0.1, 0.15) is 0 Å². The smallest absolute Gasteiger partial charge is 0.222 e. The minimum atomic E-state index is -0.579. The summed E-state index contributed by atoms with van der Waals surface area (Å²) in [6.45, 7) is 3.97. The molecule has 0 heterocycles. The van der Waals surface area contributed by atoms with E-state index in [-0.39, 0.29) is 11.8 Å². The highest BCUT2D eigenvalue weighted by Crippen LogP contribution is 2.12. The van der Waals surface area contributed by atoms with Crippen molar-refractivity contribution in [2.75, 3.05) is 6.54 Å². The highest BCUT2D eigenvalue weighted by atomic mass is 16.3. The van der Waals surface area contributed by atoms with Crippen LogP contribution in [0.1, 0.15) is 26.7 Å². The number of carbonyl (C=O) groups excluding carboxylic acids is 1. The Kier molecular flexibility index (Phi) is 4.56. The van der Waals surface area contributed by atoms with Gasteiger partial charge in [-0.15, -0.1) is 0 Å². The number of nitrogens with one attached hydrogen (secondary N) is 1. The Morgan fingerprint density at radius 1 is 1.53 bits per heavy atom. The fourth-order valence-corrected chi connectivity index (χ4v) is 1.40. The van der Waals surface area contributed by atoms with Crippen molar-refractivity contribution in [2.45, 2.75) is 32.8 Å². The third kappa shape index (κ3) is 3.88. The van der Waals surface area contributed by atoms with E-state index in [1.54, 1.807) is 0 Å². The molecule has 0 radical (unpaired) electrons. The molecule has 0 aliphatic heterocycles. The second-order valence-corrected chi connectivity index (χ2v) is 4.10. The van der Waals surface area contributed by atoms with Crippen LogP contribution in [0.3, 0.4) is 0 Å². The van der Waals surface area contributed by atoms with Crippen LogP contribution in [0.25, 0.3) is 0 Å². The van der Waals surface area contributed by atoms with E-state index in [0.717, 1.165) is 18.4 Å². The van der Waals surface area contributed by atoms with Gasteiger partial charge in [0, 0.05) is 12.5 Å². The molecule has 1 rings (SSSR count). The van der Waals surface area contributed by atoms with Crippen LogP contribution in [0.4, 0.5) is 0 Å². The maximum atomic E-state index is 11.3. The molecule has 1 amide bonds. The lowest BCUT2D eigenvalue weighted by molar-refractivity contribution is -0.124. The Hall–Kier alpha value is -1.09. The molecule has 0 bridgehead atoms. The van der Waals surface area contributed by atoms with E-state index in [1.807, 2.05) is 32.1 Å². The summed E-state index contributed by atoms with van der Waals surface area (Å²) < 4.78 is 0. The number of aliphatic hydroxyl groups is 1. The average Bonchev–Trinajstić information content (AvgIpc) is 2.26. The van der Waals surface area contributed by atoms with Gasteiger partial charge < -0.3 is 10.4 Å². The lowest BCUT2D eigenvalue weighted by Crippen LogP contribution is -2.35. The zero-order valence-electron chi connectivity index (χ0n) is 9.36. The second kappa shape index (κ2) is 5.71. The molecule has 84 valence electrons. The maximum absolute atomic E-state index is 11.3. The molecule has 0 aromatic heterocycles. The summed E-state index contributed by atoms with van der Waals surface area (Å²) in [5.74, 6) is -0.0532. The van der Waals surface area contributed by atoms with Crippen LogP contribution in [0, 0.1) is 5.92 Å². The van der Waals surface area contributed by atoms with Gasteiger partial charge in [0.25, 0.3) is 0 Å². The molecule has 0 aromatic carbocycles. The maximum Gasteiger partial charge on any atom is 0.222 e. The van der Waals surface area contributed by atoms with Gasteiger partial charge in [0.05, 0.1) is 6.10 Å². The zero-order valence-corrected chi connectivity index (χ0v) is 9.36. The van der Waals surface area contributed by atoms with E-state index < -0.39 is 6.10 Å². The van der Waals surface area contributed by atoms with Crippen LogP contribution in [-0.2, 0) is 4.79 Å². The van der Waals surface area contributed by atoms with E-state index in [9.17, 15) is 9.90 Å². The number of aliphatic hydroxyl groups excluding tert-OH is 1. The van der Waals surface area contributed by atoms with Crippen molar-refractivity contribution in [3.63, 3.8) is 0 Å². The van der Waals surface area contributed by atoms with Crippen LogP contribution in [0.5, 0.6) is 0 Å². The molecule has 3 heteroatoms. The third-order valence-corrected chi connectivity index (χ3v) is 2.40. The number of allylic oxidation sites excluding steroid dienone is 2. The molecule has 2 N–H and O–H groups in total. The quantitative estimate of drug-likeness (QED) is 0.735. The average molecular weight is 209 g/mol. The molecule has 1 atom stereocenters. The number of amides is 1. The molecule has 0 fully saturated rings. The molecule has 0 saturated carbocycles. The van der Waals surface area contributed by atoms with E-state index in [2.05, 4.69) is 5.32 Å². The SMILES string of the molecule is CC(C)C(=O)NCC(O)C1=CCCC=C1. The van der Waals surface area contributed by atoms with Crippen LogP contribution >= 0.6 is 0 Å². The van der Waals surface area contributed by atoms with Crippen molar-refractivity contribution in [2.24, 2.45) is 5.92 Å². The summed E-state index contributed by atoms with van der Waals surface area (Å²) in [6, 6.07) is 0. The number of hydrogen-bond acceptors (Lipinski definition) is 2. The van der Waals surface area contributed by atoms with E-state index >= 15 is 0 Å². The topological polar surface area (TPSA) is 49.3 Å². The first-order valence-corrected chi connectivity index (χ1v) is 5.43. The largest absolute Gasteiger partial charge is 0.387 e. The second-order valence-electron chi connectivity index (χ2n) is 4.10.